The van der Waals surface area contributed by atoms with E-state index in [1.807, 2.05) is 12.1 Å². The first-order valence-electron chi connectivity index (χ1n) is 11.4. The molecule has 0 saturated carbocycles. The molecule has 0 radical (unpaired) electrons. The molecule has 0 fully saturated rings. The molecule has 31 heavy (non-hydrogen) atoms. The minimum absolute atomic E-state index is 0.149. The molecule has 0 heterocycles. The zero-order chi connectivity index (χ0) is 22.6. The van der Waals surface area contributed by atoms with Gasteiger partial charge in [0.15, 0.2) is 0 Å². The summed E-state index contributed by atoms with van der Waals surface area (Å²) >= 11 is 0. The molecule has 0 aliphatic carbocycles. The molecular weight excluding hydrogens is 378 g/mol. The summed E-state index contributed by atoms with van der Waals surface area (Å²) in [5.74, 6) is 2.22. The van der Waals surface area contributed by atoms with E-state index in [1.165, 1.54) is 24.0 Å². The second kappa shape index (κ2) is 12.8. The quantitative estimate of drug-likeness (QED) is 0.271. The topological polar surface area (TPSA) is 21.3 Å². The van der Waals surface area contributed by atoms with Crippen LogP contribution in [0.5, 0.6) is 5.75 Å². The Morgan fingerprint density at radius 1 is 1.13 bits per heavy atom. The fourth-order valence-electron chi connectivity index (χ4n) is 4.05. The summed E-state index contributed by atoms with van der Waals surface area (Å²) in [5.41, 5.74) is 4.77. The zero-order valence-corrected chi connectivity index (χ0v) is 19.7. The standard InChI is InChI=1S/C29H39NO/c1-7-28(21-26-17-18-29(31-6)24(4)20-26)30-25(5)14-12-11-13-22(2)19-23(3)27-15-9-8-10-16-27/h7-10,12,14-18,20,22-23,28,30H,1,5,11,13,19,21H2,2-4,6H3/b14-12+/t22?,23?,28-/m0/s1. The summed E-state index contributed by atoms with van der Waals surface area (Å²) in [7, 11) is 1.71. The zero-order valence-electron chi connectivity index (χ0n) is 19.7. The molecule has 2 aromatic rings. The number of methoxy groups -OCH3 is 1. The molecule has 0 bridgehead atoms. The monoisotopic (exact) mass is 417 g/mol. The highest BCUT2D eigenvalue weighted by Gasteiger charge is 2.10. The van der Waals surface area contributed by atoms with Crippen LogP contribution < -0.4 is 10.1 Å². The van der Waals surface area contributed by atoms with Gasteiger partial charge in [-0.2, -0.15) is 0 Å². The molecule has 2 heteroatoms. The Morgan fingerprint density at radius 3 is 2.52 bits per heavy atom. The number of hydrogen-bond donors (Lipinski definition) is 1. The Kier molecular flexibility index (Phi) is 10.2. The van der Waals surface area contributed by atoms with Gasteiger partial charge in [0, 0.05) is 11.7 Å². The molecule has 2 nitrogen and oxygen atoms in total. The van der Waals surface area contributed by atoms with E-state index in [1.54, 1.807) is 7.11 Å². The Balaban J connectivity index is 1.74. The van der Waals surface area contributed by atoms with Gasteiger partial charge in [-0.05, 0) is 73.3 Å². The Bertz CT molecular complexity index is 852. The van der Waals surface area contributed by atoms with Crippen molar-refractivity contribution < 1.29 is 4.74 Å². The van der Waals surface area contributed by atoms with Gasteiger partial charge in [-0.25, -0.2) is 0 Å². The van der Waals surface area contributed by atoms with Crippen LogP contribution in [0.2, 0.25) is 0 Å². The second-order valence-corrected chi connectivity index (χ2v) is 8.65. The molecule has 2 unspecified atom stereocenters. The van der Waals surface area contributed by atoms with E-state index in [-0.39, 0.29) is 6.04 Å². The Labute approximate surface area is 189 Å². The van der Waals surface area contributed by atoms with Crippen molar-refractivity contribution in [2.24, 2.45) is 5.92 Å². The number of benzene rings is 2. The van der Waals surface area contributed by atoms with Gasteiger partial charge in [0.25, 0.3) is 0 Å². The van der Waals surface area contributed by atoms with Gasteiger partial charge >= 0.3 is 0 Å². The highest BCUT2D eigenvalue weighted by atomic mass is 16.5. The van der Waals surface area contributed by atoms with Crippen molar-refractivity contribution in [2.75, 3.05) is 7.11 Å². The SMILES string of the molecule is C=C[C@@H](Cc1ccc(OC)c(C)c1)NC(=C)/C=C/CCC(C)CC(C)c1ccccc1. The van der Waals surface area contributed by atoms with Gasteiger partial charge in [-0.1, -0.05) is 75.0 Å². The summed E-state index contributed by atoms with van der Waals surface area (Å²) in [6.45, 7) is 14.9. The van der Waals surface area contributed by atoms with Crippen LogP contribution in [0.25, 0.3) is 0 Å². The van der Waals surface area contributed by atoms with Crippen LogP contribution in [-0.4, -0.2) is 13.2 Å². The lowest BCUT2D eigenvalue weighted by Gasteiger charge is -2.18. The van der Waals surface area contributed by atoms with Crippen molar-refractivity contribution in [1.29, 1.82) is 0 Å². The van der Waals surface area contributed by atoms with Gasteiger partial charge in [0.1, 0.15) is 5.75 Å². The van der Waals surface area contributed by atoms with E-state index in [2.05, 4.69) is 93.9 Å². The predicted molar refractivity (Wildman–Crippen MR) is 135 cm³/mol. The third-order valence-electron chi connectivity index (χ3n) is 5.84. The first kappa shape index (κ1) is 24.5. The lowest BCUT2D eigenvalue weighted by atomic mass is 9.89. The van der Waals surface area contributed by atoms with Crippen molar-refractivity contribution in [3.63, 3.8) is 0 Å². The molecule has 166 valence electrons. The van der Waals surface area contributed by atoms with Crippen LogP contribution >= 0.6 is 0 Å². The van der Waals surface area contributed by atoms with Gasteiger partial charge in [0.2, 0.25) is 0 Å². The molecule has 0 aliphatic rings. The summed E-state index contributed by atoms with van der Waals surface area (Å²) in [5, 5.41) is 3.47. The number of aryl methyl sites for hydroxylation is 1. The van der Waals surface area contributed by atoms with Gasteiger partial charge in [-0.3, -0.25) is 0 Å². The lowest BCUT2D eigenvalue weighted by molar-refractivity contribution is 0.411. The minimum atomic E-state index is 0.149. The molecule has 0 saturated heterocycles. The number of hydrogen-bond acceptors (Lipinski definition) is 2. The molecule has 0 amide bonds. The van der Waals surface area contributed by atoms with Crippen molar-refractivity contribution in [3.8, 4) is 5.75 Å². The first-order valence-corrected chi connectivity index (χ1v) is 11.4. The average molecular weight is 418 g/mol. The number of ether oxygens (including phenoxy) is 1. The number of allylic oxidation sites excluding steroid dienone is 2. The summed E-state index contributed by atoms with van der Waals surface area (Å²) in [6.07, 6.45) is 10.6. The second-order valence-electron chi connectivity index (χ2n) is 8.65. The summed E-state index contributed by atoms with van der Waals surface area (Å²) in [4.78, 5) is 0. The largest absolute Gasteiger partial charge is 0.496 e. The van der Waals surface area contributed by atoms with Crippen LogP contribution in [0.3, 0.4) is 0 Å². The normalized spacial score (nSPS) is 14.1. The highest BCUT2D eigenvalue weighted by molar-refractivity contribution is 5.36. The van der Waals surface area contributed by atoms with Gasteiger partial charge < -0.3 is 10.1 Å². The van der Waals surface area contributed by atoms with Crippen molar-refractivity contribution >= 4 is 0 Å². The van der Waals surface area contributed by atoms with E-state index in [9.17, 15) is 0 Å². The highest BCUT2D eigenvalue weighted by Crippen LogP contribution is 2.25. The van der Waals surface area contributed by atoms with E-state index in [0.29, 0.717) is 11.8 Å². The Morgan fingerprint density at radius 2 is 1.87 bits per heavy atom. The van der Waals surface area contributed by atoms with Crippen molar-refractivity contribution in [3.05, 3.63) is 102 Å². The van der Waals surface area contributed by atoms with Crippen LogP contribution in [0, 0.1) is 12.8 Å². The average Bonchev–Trinajstić information content (AvgIpc) is 2.77. The first-order chi connectivity index (χ1) is 14.9. The molecule has 1 N–H and O–H groups in total. The molecule has 0 spiro atoms. The molecule has 3 atom stereocenters. The molecule has 2 aromatic carbocycles. The van der Waals surface area contributed by atoms with Crippen molar-refractivity contribution in [1.82, 2.24) is 5.32 Å². The fraction of sp³-hybridized carbons (Fsp3) is 0.379. The predicted octanol–water partition coefficient (Wildman–Crippen LogP) is 7.37. The van der Waals surface area contributed by atoms with Crippen molar-refractivity contribution in [2.45, 2.75) is 58.4 Å². The number of rotatable bonds is 13. The lowest BCUT2D eigenvalue weighted by Crippen LogP contribution is -2.27. The van der Waals surface area contributed by atoms with E-state index < -0.39 is 0 Å². The molecule has 2 rings (SSSR count). The number of nitrogens with one attached hydrogen (secondary N) is 1. The van der Waals surface area contributed by atoms with Gasteiger partial charge in [-0.15, -0.1) is 6.58 Å². The smallest absolute Gasteiger partial charge is 0.121 e. The molecular formula is C29H39NO. The maximum atomic E-state index is 5.35. The van der Waals surface area contributed by atoms with E-state index in [4.69, 9.17) is 4.74 Å². The van der Waals surface area contributed by atoms with E-state index in [0.717, 1.165) is 29.9 Å². The minimum Gasteiger partial charge on any atom is -0.496 e. The van der Waals surface area contributed by atoms with Gasteiger partial charge in [0.05, 0.1) is 7.11 Å². The van der Waals surface area contributed by atoms with Crippen LogP contribution in [-0.2, 0) is 6.42 Å². The third-order valence-corrected chi connectivity index (χ3v) is 5.84. The molecule has 0 aliphatic heterocycles. The van der Waals surface area contributed by atoms with E-state index >= 15 is 0 Å². The summed E-state index contributed by atoms with van der Waals surface area (Å²) in [6, 6.07) is 17.3. The van der Waals surface area contributed by atoms with Crippen LogP contribution in [0.1, 0.15) is 55.7 Å². The fourth-order valence-corrected chi connectivity index (χ4v) is 4.05. The maximum Gasteiger partial charge on any atom is 0.121 e. The maximum absolute atomic E-state index is 5.35. The third kappa shape index (κ3) is 8.49. The summed E-state index contributed by atoms with van der Waals surface area (Å²) < 4.78 is 5.35. The van der Waals surface area contributed by atoms with Crippen LogP contribution in [0.4, 0.5) is 0 Å². The molecule has 0 aromatic heterocycles. The van der Waals surface area contributed by atoms with Crippen LogP contribution in [0.15, 0.2) is 85.6 Å². The Hall–Kier alpha value is -2.74.